The van der Waals surface area contributed by atoms with Crippen molar-refractivity contribution in [3.63, 3.8) is 0 Å². The summed E-state index contributed by atoms with van der Waals surface area (Å²) in [7, 11) is -3.39. The zero-order chi connectivity index (χ0) is 14.0. The molecule has 0 spiro atoms. The molecule has 19 heavy (non-hydrogen) atoms. The van der Waals surface area contributed by atoms with Gasteiger partial charge in [0.25, 0.3) is 0 Å². The van der Waals surface area contributed by atoms with Crippen LogP contribution in [0.1, 0.15) is 19.4 Å². The van der Waals surface area contributed by atoms with Crippen molar-refractivity contribution in [1.82, 2.24) is 4.31 Å². The van der Waals surface area contributed by atoms with Crippen LogP contribution in [0.15, 0.2) is 29.2 Å². The van der Waals surface area contributed by atoms with E-state index >= 15 is 0 Å². The number of aryl methyl sites for hydroxylation is 1. The Balaban J connectivity index is 2.22. The first-order valence-electron chi connectivity index (χ1n) is 6.59. The number of hydrogen-bond donors (Lipinski definition) is 0. The van der Waals surface area contributed by atoms with E-state index in [2.05, 4.69) is 0 Å². The first-order valence-corrected chi connectivity index (χ1v) is 8.03. The van der Waals surface area contributed by atoms with Crippen LogP contribution in [-0.2, 0) is 14.8 Å². The maximum atomic E-state index is 12.5. The third kappa shape index (κ3) is 3.16. The van der Waals surface area contributed by atoms with Gasteiger partial charge in [-0.2, -0.15) is 4.31 Å². The largest absolute Gasteiger partial charge is 0.375 e. The fourth-order valence-electron chi connectivity index (χ4n) is 2.13. The average Bonchev–Trinajstić information content (AvgIpc) is 2.39. The Morgan fingerprint density at radius 2 is 1.89 bits per heavy atom. The van der Waals surface area contributed by atoms with E-state index in [9.17, 15) is 8.42 Å². The van der Waals surface area contributed by atoms with Crippen LogP contribution in [-0.4, -0.2) is 38.5 Å². The Bertz CT molecular complexity index is 522. The highest BCUT2D eigenvalue weighted by Crippen LogP contribution is 2.21. The van der Waals surface area contributed by atoms with Gasteiger partial charge in [-0.1, -0.05) is 31.5 Å². The molecule has 5 heteroatoms. The maximum absolute atomic E-state index is 12.5. The first-order chi connectivity index (χ1) is 8.91. The molecule has 1 unspecified atom stereocenters. The number of sulfonamides is 1. The van der Waals surface area contributed by atoms with Gasteiger partial charge in [0.1, 0.15) is 0 Å². The van der Waals surface area contributed by atoms with E-state index in [1.165, 1.54) is 4.31 Å². The molecule has 0 aliphatic carbocycles. The third-order valence-electron chi connectivity index (χ3n) is 3.46. The van der Waals surface area contributed by atoms with Gasteiger partial charge in [0.2, 0.25) is 10.0 Å². The molecule has 1 aliphatic heterocycles. The van der Waals surface area contributed by atoms with E-state index in [0.29, 0.717) is 30.5 Å². The smallest absolute Gasteiger partial charge is 0.243 e. The first kappa shape index (κ1) is 14.5. The quantitative estimate of drug-likeness (QED) is 0.853. The Morgan fingerprint density at radius 3 is 2.47 bits per heavy atom. The standard InChI is InChI=1S/C14H21NO3S/c1-11(2)14-10-15(8-9-18-14)19(16,17)13-6-4-12(3)5-7-13/h4-7,11,14H,8-10H2,1-3H3. The summed E-state index contributed by atoms with van der Waals surface area (Å²) in [5.74, 6) is 0.316. The second-order valence-electron chi connectivity index (χ2n) is 5.33. The fourth-order valence-corrected chi connectivity index (χ4v) is 3.57. The zero-order valence-corrected chi connectivity index (χ0v) is 12.5. The van der Waals surface area contributed by atoms with Crippen molar-refractivity contribution in [3.05, 3.63) is 29.8 Å². The van der Waals surface area contributed by atoms with Crippen LogP contribution in [0.4, 0.5) is 0 Å². The van der Waals surface area contributed by atoms with Gasteiger partial charge in [-0.05, 0) is 25.0 Å². The molecule has 1 aromatic rings. The van der Waals surface area contributed by atoms with Crippen LogP contribution in [0.5, 0.6) is 0 Å². The molecular formula is C14H21NO3S. The monoisotopic (exact) mass is 283 g/mol. The Labute approximate surface area is 115 Å². The summed E-state index contributed by atoms with van der Waals surface area (Å²) in [5, 5.41) is 0. The van der Waals surface area contributed by atoms with Crippen molar-refractivity contribution in [3.8, 4) is 0 Å². The summed E-state index contributed by atoms with van der Waals surface area (Å²) >= 11 is 0. The number of morpholine rings is 1. The summed E-state index contributed by atoms with van der Waals surface area (Å²) in [4.78, 5) is 0.363. The molecule has 0 aromatic heterocycles. The molecule has 0 radical (unpaired) electrons. The molecule has 1 aliphatic rings. The van der Waals surface area contributed by atoms with Crippen molar-refractivity contribution in [1.29, 1.82) is 0 Å². The molecule has 0 N–H and O–H groups in total. The van der Waals surface area contributed by atoms with Crippen LogP contribution in [0, 0.1) is 12.8 Å². The number of ether oxygens (including phenoxy) is 1. The minimum absolute atomic E-state index is 0.0195. The van der Waals surface area contributed by atoms with Crippen molar-refractivity contribution in [2.45, 2.75) is 31.8 Å². The lowest BCUT2D eigenvalue weighted by Crippen LogP contribution is -2.47. The molecule has 0 bridgehead atoms. The van der Waals surface area contributed by atoms with Crippen molar-refractivity contribution < 1.29 is 13.2 Å². The van der Waals surface area contributed by atoms with Crippen molar-refractivity contribution in [2.24, 2.45) is 5.92 Å². The Hall–Kier alpha value is -0.910. The van der Waals surface area contributed by atoms with E-state index in [1.807, 2.05) is 32.9 Å². The molecule has 2 rings (SSSR count). The molecule has 1 heterocycles. The topological polar surface area (TPSA) is 46.6 Å². The zero-order valence-electron chi connectivity index (χ0n) is 11.7. The van der Waals surface area contributed by atoms with Gasteiger partial charge in [-0.25, -0.2) is 8.42 Å². The Kier molecular flexibility index (Phi) is 4.28. The van der Waals surface area contributed by atoms with E-state index in [0.717, 1.165) is 5.56 Å². The lowest BCUT2D eigenvalue weighted by molar-refractivity contribution is -0.0263. The highest BCUT2D eigenvalue weighted by atomic mass is 32.2. The molecule has 0 saturated carbocycles. The molecule has 106 valence electrons. The van der Waals surface area contributed by atoms with Gasteiger partial charge in [-0.15, -0.1) is 0 Å². The van der Waals surface area contributed by atoms with E-state index in [-0.39, 0.29) is 6.10 Å². The number of benzene rings is 1. The van der Waals surface area contributed by atoms with Gasteiger partial charge in [0, 0.05) is 13.1 Å². The normalized spacial score (nSPS) is 21.8. The number of rotatable bonds is 3. The second-order valence-corrected chi connectivity index (χ2v) is 7.27. The maximum Gasteiger partial charge on any atom is 0.243 e. The highest BCUT2D eigenvalue weighted by Gasteiger charge is 2.31. The van der Waals surface area contributed by atoms with Crippen LogP contribution in [0.2, 0.25) is 0 Å². The van der Waals surface area contributed by atoms with Crippen LogP contribution in [0.25, 0.3) is 0 Å². The van der Waals surface area contributed by atoms with E-state index < -0.39 is 10.0 Å². The average molecular weight is 283 g/mol. The van der Waals surface area contributed by atoms with E-state index in [1.54, 1.807) is 12.1 Å². The predicted molar refractivity (Wildman–Crippen MR) is 74.5 cm³/mol. The van der Waals surface area contributed by atoms with Crippen molar-refractivity contribution in [2.75, 3.05) is 19.7 Å². The van der Waals surface area contributed by atoms with Gasteiger partial charge in [0.05, 0.1) is 17.6 Å². The Morgan fingerprint density at radius 1 is 1.26 bits per heavy atom. The molecule has 0 amide bonds. The van der Waals surface area contributed by atoms with Crippen LogP contribution < -0.4 is 0 Å². The highest BCUT2D eigenvalue weighted by molar-refractivity contribution is 7.89. The molecular weight excluding hydrogens is 262 g/mol. The second kappa shape index (κ2) is 5.61. The molecule has 1 atom stereocenters. The summed E-state index contributed by atoms with van der Waals surface area (Å²) < 4.78 is 32.2. The molecule has 1 aromatic carbocycles. The summed E-state index contributed by atoms with van der Waals surface area (Å²) in [6.07, 6.45) is -0.0195. The summed E-state index contributed by atoms with van der Waals surface area (Å²) in [6.45, 7) is 7.38. The summed E-state index contributed by atoms with van der Waals surface area (Å²) in [6, 6.07) is 7.00. The van der Waals surface area contributed by atoms with Gasteiger partial charge in [-0.3, -0.25) is 0 Å². The SMILES string of the molecule is Cc1ccc(S(=O)(=O)N2CCOC(C(C)C)C2)cc1. The van der Waals surface area contributed by atoms with Gasteiger partial charge in [0.15, 0.2) is 0 Å². The lowest BCUT2D eigenvalue weighted by Gasteiger charge is -2.34. The van der Waals surface area contributed by atoms with Gasteiger partial charge < -0.3 is 4.74 Å². The van der Waals surface area contributed by atoms with Crippen molar-refractivity contribution >= 4 is 10.0 Å². The molecule has 4 nitrogen and oxygen atoms in total. The predicted octanol–water partition coefficient (Wildman–Crippen LogP) is 2.04. The minimum atomic E-state index is -3.39. The minimum Gasteiger partial charge on any atom is -0.375 e. The van der Waals surface area contributed by atoms with Crippen LogP contribution in [0.3, 0.4) is 0 Å². The van der Waals surface area contributed by atoms with Crippen LogP contribution >= 0.6 is 0 Å². The van der Waals surface area contributed by atoms with Gasteiger partial charge >= 0.3 is 0 Å². The number of nitrogens with zero attached hydrogens (tertiary/aromatic N) is 1. The molecule has 1 saturated heterocycles. The third-order valence-corrected chi connectivity index (χ3v) is 5.34. The van der Waals surface area contributed by atoms with E-state index in [4.69, 9.17) is 4.74 Å². The lowest BCUT2D eigenvalue weighted by atomic mass is 10.1. The molecule has 1 fully saturated rings. The fraction of sp³-hybridized carbons (Fsp3) is 0.571. The number of hydrogen-bond acceptors (Lipinski definition) is 3. The summed E-state index contributed by atoms with van der Waals surface area (Å²) in [5.41, 5.74) is 1.06.